The maximum Gasteiger partial charge on any atom is 0.0525 e. The summed E-state index contributed by atoms with van der Waals surface area (Å²) >= 11 is 6.05. The topological polar surface area (TPSA) is 0 Å². The smallest absolute Gasteiger partial charge is 0.0525 e. The first-order chi connectivity index (χ1) is 6.66. The largest absolute Gasteiger partial charge is 0.118 e. The second kappa shape index (κ2) is 3.78. The van der Waals surface area contributed by atoms with Gasteiger partial charge in [-0.05, 0) is 49.0 Å². The number of halogens is 1. The van der Waals surface area contributed by atoms with Crippen molar-refractivity contribution in [2.24, 2.45) is 0 Å². The molecule has 0 spiro atoms. The fraction of sp³-hybridized carbons (Fsp3) is 0.385. The van der Waals surface area contributed by atoms with Gasteiger partial charge in [-0.2, -0.15) is 0 Å². The number of hydrogen-bond donors (Lipinski definition) is 0. The van der Waals surface area contributed by atoms with Gasteiger partial charge in [-0.3, -0.25) is 0 Å². The first-order valence-corrected chi connectivity index (χ1v) is 5.53. The van der Waals surface area contributed by atoms with Crippen molar-refractivity contribution in [3.8, 4) is 0 Å². The summed E-state index contributed by atoms with van der Waals surface area (Å²) in [7, 11) is 0. The van der Waals surface area contributed by atoms with E-state index in [1.165, 1.54) is 22.3 Å². The molecular formula is C13H15Cl. The molecule has 1 heteroatoms. The van der Waals surface area contributed by atoms with Gasteiger partial charge in [-0.25, -0.2) is 0 Å². The minimum atomic E-state index is 0.242. The predicted molar refractivity (Wildman–Crippen MR) is 62.8 cm³/mol. The van der Waals surface area contributed by atoms with Crippen LogP contribution in [0.15, 0.2) is 24.3 Å². The zero-order valence-corrected chi connectivity index (χ0v) is 9.43. The van der Waals surface area contributed by atoms with Gasteiger partial charge in [0.1, 0.15) is 0 Å². The van der Waals surface area contributed by atoms with Crippen molar-refractivity contribution >= 4 is 17.2 Å². The van der Waals surface area contributed by atoms with E-state index in [-0.39, 0.29) is 5.38 Å². The van der Waals surface area contributed by atoms with Gasteiger partial charge in [0.2, 0.25) is 0 Å². The van der Waals surface area contributed by atoms with Crippen LogP contribution in [-0.2, 0) is 0 Å². The summed E-state index contributed by atoms with van der Waals surface area (Å²) in [4.78, 5) is 0. The molecular weight excluding hydrogens is 192 g/mol. The van der Waals surface area contributed by atoms with E-state index in [9.17, 15) is 0 Å². The van der Waals surface area contributed by atoms with Crippen molar-refractivity contribution in [1.29, 1.82) is 0 Å². The highest BCUT2D eigenvalue weighted by Gasteiger charge is 2.14. The monoisotopic (exact) mass is 206 g/mol. The zero-order valence-electron chi connectivity index (χ0n) is 8.68. The van der Waals surface area contributed by atoms with Crippen LogP contribution in [0.2, 0.25) is 0 Å². The van der Waals surface area contributed by atoms with Crippen LogP contribution in [0.4, 0.5) is 0 Å². The molecule has 1 aromatic carbocycles. The Labute approximate surface area is 90.6 Å². The average Bonchev–Trinajstić information content (AvgIpc) is 2.57. The molecule has 1 aliphatic rings. The second-order valence-electron chi connectivity index (χ2n) is 4.05. The van der Waals surface area contributed by atoms with Gasteiger partial charge >= 0.3 is 0 Å². The highest BCUT2D eigenvalue weighted by molar-refractivity contribution is 6.22. The van der Waals surface area contributed by atoms with Crippen LogP contribution < -0.4 is 0 Å². The van der Waals surface area contributed by atoms with Crippen molar-refractivity contribution < 1.29 is 0 Å². The zero-order chi connectivity index (χ0) is 10.1. The van der Waals surface area contributed by atoms with Crippen molar-refractivity contribution in [2.45, 2.75) is 32.1 Å². The van der Waals surface area contributed by atoms with Crippen LogP contribution in [0.5, 0.6) is 0 Å². The van der Waals surface area contributed by atoms with Crippen molar-refractivity contribution in [2.75, 3.05) is 0 Å². The van der Waals surface area contributed by atoms with E-state index in [4.69, 9.17) is 11.6 Å². The van der Waals surface area contributed by atoms with E-state index in [0.717, 1.165) is 12.8 Å². The quantitative estimate of drug-likeness (QED) is 0.608. The molecule has 0 radical (unpaired) electrons. The first kappa shape index (κ1) is 9.79. The third kappa shape index (κ3) is 1.85. The molecule has 0 saturated heterocycles. The second-order valence-corrected chi connectivity index (χ2v) is 4.61. The van der Waals surface area contributed by atoms with Gasteiger partial charge in [0.15, 0.2) is 0 Å². The van der Waals surface area contributed by atoms with E-state index in [1.807, 2.05) is 0 Å². The Hall–Kier alpha value is -0.750. The molecule has 14 heavy (non-hydrogen) atoms. The molecule has 0 heterocycles. The molecule has 0 bridgehead atoms. The maximum absolute atomic E-state index is 6.05. The molecule has 0 saturated carbocycles. The summed E-state index contributed by atoms with van der Waals surface area (Å²) in [6.07, 6.45) is 4.39. The fourth-order valence-corrected chi connectivity index (χ4v) is 2.12. The number of aryl methyl sites for hydroxylation is 2. The van der Waals surface area contributed by atoms with Gasteiger partial charge in [0.05, 0.1) is 5.38 Å². The van der Waals surface area contributed by atoms with E-state index in [0.29, 0.717) is 0 Å². The summed E-state index contributed by atoms with van der Waals surface area (Å²) < 4.78 is 0. The third-order valence-corrected chi connectivity index (χ3v) is 3.29. The highest BCUT2D eigenvalue weighted by Crippen LogP contribution is 2.31. The van der Waals surface area contributed by atoms with Gasteiger partial charge in [0.25, 0.3) is 0 Å². The number of alkyl halides is 1. The van der Waals surface area contributed by atoms with Crippen molar-refractivity contribution in [3.05, 3.63) is 41.0 Å². The van der Waals surface area contributed by atoms with E-state index in [1.54, 1.807) is 0 Å². The van der Waals surface area contributed by atoms with Crippen LogP contribution in [0.1, 0.15) is 29.5 Å². The summed E-state index contributed by atoms with van der Waals surface area (Å²) in [6, 6.07) is 6.65. The van der Waals surface area contributed by atoms with Crippen molar-refractivity contribution in [1.82, 2.24) is 0 Å². The Bertz CT molecular complexity index is 377. The SMILES string of the molecule is Cc1ccc(C2=CC(Cl)CC2)cc1C. The van der Waals surface area contributed by atoms with Crippen LogP contribution >= 0.6 is 11.6 Å². The molecule has 2 rings (SSSR count). The Morgan fingerprint density at radius 2 is 2.00 bits per heavy atom. The number of benzene rings is 1. The summed E-state index contributed by atoms with van der Waals surface area (Å²) in [5.74, 6) is 0. The number of hydrogen-bond acceptors (Lipinski definition) is 0. The van der Waals surface area contributed by atoms with Crippen LogP contribution in [0.25, 0.3) is 5.57 Å². The highest BCUT2D eigenvalue weighted by atomic mass is 35.5. The molecule has 1 aromatic rings. The number of allylic oxidation sites excluding steroid dienone is 2. The third-order valence-electron chi connectivity index (χ3n) is 2.95. The van der Waals surface area contributed by atoms with Crippen LogP contribution in [-0.4, -0.2) is 5.38 Å². The summed E-state index contributed by atoms with van der Waals surface area (Å²) in [5, 5.41) is 0.242. The molecule has 0 amide bonds. The maximum atomic E-state index is 6.05. The minimum Gasteiger partial charge on any atom is -0.118 e. The minimum absolute atomic E-state index is 0.242. The lowest BCUT2D eigenvalue weighted by Crippen LogP contribution is -1.85. The molecule has 1 aliphatic carbocycles. The lowest BCUT2D eigenvalue weighted by molar-refractivity contribution is 0.942. The Morgan fingerprint density at radius 3 is 2.57 bits per heavy atom. The molecule has 1 atom stereocenters. The molecule has 0 aliphatic heterocycles. The van der Waals surface area contributed by atoms with Crippen molar-refractivity contribution in [3.63, 3.8) is 0 Å². The van der Waals surface area contributed by atoms with Crippen LogP contribution in [0, 0.1) is 13.8 Å². The van der Waals surface area contributed by atoms with Gasteiger partial charge in [-0.15, -0.1) is 11.6 Å². The lowest BCUT2D eigenvalue weighted by atomic mass is 10.0. The molecule has 0 N–H and O–H groups in total. The van der Waals surface area contributed by atoms with Crippen LogP contribution in [0.3, 0.4) is 0 Å². The van der Waals surface area contributed by atoms with Gasteiger partial charge < -0.3 is 0 Å². The molecule has 0 aromatic heterocycles. The standard InChI is InChI=1S/C13H15Cl/c1-9-3-4-11(7-10(9)2)12-5-6-13(14)8-12/h3-4,7-8,13H,5-6H2,1-2H3. The Morgan fingerprint density at radius 1 is 1.21 bits per heavy atom. The molecule has 1 unspecified atom stereocenters. The van der Waals surface area contributed by atoms with E-state index >= 15 is 0 Å². The number of rotatable bonds is 1. The summed E-state index contributed by atoms with van der Waals surface area (Å²) in [6.45, 7) is 4.30. The average molecular weight is 207 g/mol. The lowest BCUT2D eigenvalue weighted by Gasteiger charge is -2.05. The fourth-order valence-electron chi connectivity index (χ4n) is 1.86. The summed E-state index contributed by atoms with van der Waals surface area (Å²) in [5.41, 5.74) is 5.47. The predicted octanol–water partition coefficient (Wildman–Crippen LogP) is 4.09. The Balaban J connectivity index is 2.34. The van der Waals surface area contributed by atoms with Gasteiger partial charge in [-0.1, -0.05) is 24.3 Å². The Kier molecular flexibility index (Phi) is 2.64. The normalized spacial score (nSPS) is 21.1. The molecule has 0 fully saturated rings. The van der Waals surface area contributed by atoms with E-state index in [2.05, 4.69) is 38.1 Å². The first-order valence-electron chi connectivity index (χ1n) is 5.09. The molecule has 0 nitrogen and oxygen atoms in total. The molecule has 74 valence electrons. The van der Waals surface area contributed by atoms with Gasteiger partial charge in [0, 0.05) is 0 Å². The van der Waals surface area contributed by atoms with E-state index < -0.39 is 0 Å².